The molecule has 0 spiro atoms. The van der Waals surface area contributed by atoms with Gasteiger partial charge in [-0.2, -0.15) is 5.10 Å². The third-order valence-electron chi connectivity index (χ3n) is 4.89. The molecule has 0 atom stereocenters. The summed E-state index contributed by atoms with van der Waals surface area (Å²) in [7, 11) is 0. The Hall–Kier alpha value is -3.70. The number of halogens is 3. The van der Waals surface area contributed by atoms with Crippen molar-refractivity contribution >= 4 is 66.5 Å². The number of amides is 2. The van der Waals surface area contributed by atoms with Crippen molar-refractivity contribution in [3.05, 3.63) is 86.8 Å². The van der Waals surface area contributed by atoms with Gasteiger partial charge >= 0.3 is 5.91 Å². The third-order valence-corrected chi connectivity index (χ3v) is 5.97. The Balaban J connectivity index is 1.41. The topological polar surface area (TPSA) is 102 Å². The Kier molecular flexibility index (Phi) is 8.57. The molecule has 0 saturated carbocycles. The zero-order chi connectivity index (χ0) is 26.4. The monoisotopic (exact) mass is 631 g/mol. The summed E-state index contributed by atoms with van der Waals surface area (Å²) in [5.74, 6) is -0.491. The van der Waals surface area contributed by atoms with Gasteiger partial charge in [-0.1, -0.05) is 15.9 Å². The van der Waals surface area contributed by atoms with Crippen LogP contribution in [0.5, 0.6) is 11.5 Å². The van der Waals surface area contributed by atoms with Crippen LogP contribution in [0, 0.1) is 5.82 Å². The number of rotatable bonds is 9. The number of hydrazone groups is 1. The van der Waals surface area contributed by atoms with Crippen LogP contribution in [-0.2, 0) is 4.79 Å². The molecule has 8 nitrogen and oxygen atoms in total. The number of hydrogen-bond donors (Lipinski definition) is 2. The van der Waals surface area contributed by atoms with Crippen LogP contribution in [0.25, 0.3) is 11.0 Å². The van der Waals surface area contributed by atoms with E-state index in [9.17, 15) is 14.0 Å². The van der Waals surface area contributed by atoms with Crippen LogP contribution in [0.2, 0.25) is 0 Å². The number of carbonyl (C=O) groups is 2. The van der Waals surface area contributed by atoms with Crippen LogP contribution in [0.15, 0.2) is 79.1 Å². The molecule has 0 saturated heterocycles. The standard InChI is InChI=1S/C26H20Br2FN3O5/c1-2-35-22-10-15(13-30-32-26(34)23-12-16-11-17(27)3-8-21(16)37-23)9-20(28)25(22)36-14-24(33)31-19-6-4-18(29)5-7-19/h3-13H,2,14H2,1H3,(H,31,33)(H,32,34)/b30-13+. The first-order chi connectivity index (χ1) is 17.8. The number of benzene rings is 3. The van der Waals surface area contributed by atoms with Crippen molar-refractivity contribution in [1.29, 1.82) is 0 Å². The number of anilines is 1. The molecule has 0 unspecified atom stereocenters. The van der Waals surface area contributed by atoms with Crippen molar-refractivity contribution in [2.24, 2.45) is 5.10 Å². The van der Waals surface area contributed by atoms with Crippen LogP contribution < -0.4 is 20.2 Å². The number of fused-ring (bicyclic) bond motifs is 1. The van der Waals surface area contributed by atoms with Gasteiger partial charge in [-0.15, -0.1) is 0 Å². The number of nitrogens with one attached hydrogen (secondary N) is 2. The Bertz CT molecular complexity index is 1470. The van der Waals surface area contributed by atoms with Gasteiger partial charge in [0.1, 0.15) is 11.4 Å². The number of furan rings is 1. The summed E-state index contributed by atoms with van der Waals surface area (Å²) in [4.78, 5) is 24.7. The van der Waals surface area contributed by atoms with Crippen LogP contribution >= 0.6 is 31.9 Å². The van der Waals surface area contributed by atoms with Gasteiger partial charge in [0.25, 0.3) is 5.91 Å². The van der Waals surface area contributed by atoms with E-state index < -0.39 is 17.6 Å². The highest BCUT2D eigenvalue weighted by molar-refractivity contribution is 9.10. The van der Waals surface area contributed by atoms with Crippen molar-refractivity contribution < 1.29 is 27.9 Å². The molecule has 4 aromatic rings. The summed E-state index contributed by atoms with van der Waals surface area (Å²) in [6.07, 6.45) is 1.44. The fourth-order valence-electron chi connectivity index (χ4n) is 3.28. The normalized spacial score (nSPS) is 11.0. The molecule has 0 aliphatic rings. The minimum atomic E-state index is -0.500. The van der Waals surface area contributed by atoms with Gasteiger partial charge in [-0.3, -0.25) is 9.59 Å². The molecular weight excluding hydrogens is 613 g/mol. The summed E-state index contributed by atoms with van der Waals surface area (Å²) in [6, 6.07) is 15.8. The highest BCUT2D eigenvalue weighted by Gasteiger charge is 2.15. The first-order valence-electron chi connectivity index (χ1n) is 11.0. The molecule has 4 rings (SSSR count). The predicted octanol–water partition coefficient (Wildman–Crippen LogP) is 6.28. The number of carbonyl (C=O) groups excluding carboxylic acids is 2. The first kappa shape index (κ1) is 26.4. The fourth-order valence-corrected chi connectivity index (χ4v) is 4.23. The van der Waals surface area contributed by atoms with E-state index in [1.165, 1.54) is 30.5 Å². The minimum absolute atomic E-state index is 0.129. The molecule has 11 heteroatoms. The van der Waals surface area contributed by atoms with E-state index >= 15 is 0 Å². The number of hydrogen-bond acceptors (Lipinski definition) is 6. The SMILES string of the molecule is CCOc1cc(/C=N/NC(=O)c2cc3cc(Br)ccc3o2)cc(Br)c1OCC(=O)Nc1ccc(F)cc1. The average Bonchev–Trinajstić information content (AvgIpc) is 3.28. The van der Waals surface area contributed by atoms with Crippen molar-refractivity contribution in [3.63, 3.8) is 0 Å². The molecule has 1 aromatic heterocycles. The molecule has 0 aliphatic heterocycles. The van der Waals surface area contributed by atoms with Gasteiger partial charge in [0.2, 0.25) is 0 Å². The fraction of sp³-hybridized carbons (Fsp3) is 0.115. The van der Waals surface area contributed by atoms with Gasteiger partial charge in [0.05, 0.1) is 17.3 Å². The van der Waals surface area contributed by atoms with Gasteiger partial charge in [-0.25, -0.2) is 9.82 Å². The molecule has 0 bridgehead atoms. The molecule has 0 radical (unpaired) electrons. The molecule has 1 heterocycles. The van der Waals surface area contributed by atoms with E-state index in [1.54, 1.807) is 24.3 Å². The van der Waals surface area contributed by atoms with Crippen molar-refractivity contribution in [3.8, 4) is 11.5 Å². The molecule has 2 amide bonds. The predicted molar refractivity (Wildman–Crippen MR) is 145 cm³/mol. The number of nitrogens with zero attached hydrogens (tertiary/aromatic N) is 1. The van der Waals surface area contributed by atoms with Crippen LogP contribution in [0.1, 0.15) is 23.0 Å². The second-order valence-corrected chi connectivity index (χ2v) is 9.37. The second kappa shape index (κ2) is 12.0. The lowest BCUT2D eigenvalue weighted by molar-refractivity contribution is -0.118. The maximum atomic E-state index is 13.0. The van der Waals surface area contributed by atoms with Gasteiger partial charge in [0, 0.05) is 15.5 Å². The maximum absolute atomic E-state index is 13.0. The average molecular weight is 633 g/mol. The number of ether oxygens (including phenoxy) is 2. The van der Waals surface area contributed by atoms with E-state index in [1.807, 2.05) is 19.1 Å². The lowest BCUT2D eigenvalue weighted by atomic mass is 10.2. The van der Waals surface area contributed by atoms with E-state index in [0.29, 0.717) is 39.4 Å². The van der Waals surface area contributed by atoms with Crippen LogP contribution in [0.4, 0.5) is 10.1 Å². The minimum Gasteiger partial charge on any atom is -0.490 e. The largest absolute Gasteiger partial charge is 0.490 e. The summed E-state index contributed by atoms with van der Waals surface area (Å²) < 4.78 is 31.3. The van der Waals surface area contributed by atoms with Crippen LogP contribution in [-0.4, -0.2) is 31.2 Å². The second-order valence-electron chi connectivity index (χ2n) is 7.60. The van der Waals surface area contributed by atoms with E-state index in [4.69, 9.17) is 13.9 Å². The van der Waals surface area contributed by atoms with Crippen LogP contribution in [0.3, 0.4) is 0 Å². The lowest BCUT2D eigenvalue weighted by Crippen LogP contribution is -2.20. The zero-order valence-electron chi connectivity index (χ0n) is 19.4. The first-order valence-corrected chi connectivity index (χ1v) is 12.6. The van der Waals surface area contributed by atoms with Crippen molar-refractivity contribution in [1.82, 2.24) is 5.43 Å². The van der Waals surface area contributed by atoms with Gasteiger partial charge in [-0.05, 0) is 89.1 Å². The molecule has 190 valence electrons. The molecule has 37 heavy (non-hydrogen) atoms. The van der Waals surface area contributed by atoms with E-state index in [0.717, 1.165) is 9.86 Å². The maximum Gasteiger partial charge on any atom is 0.307 e. The third kappa shape index (κ3) is 6.95. The van der Waals surface area contributed by atoms with E-state index in [-0.39, 0.29) is 12.4 Å². The summed E-state index contributed by atoms with van der Waals surface area (Å²) in [5.41, 5.74) is 4.08. The molecule has 2 N–H and O–H groups in total. The van der Waals surface area contributed by atoms with E-state index in [2.05, 4.69) is 47.7 Å². The highest BCUT2D eigenvalue weighted by Crippen LogP contribution is 2.36. The Morgan fingerprint density at radius 2 is 1.84 bits per heavy atom. The molecule has 3 aromatic carbocycles. The Morgan fingerprint density at radius 1 is 1.05 bits per heavy atom. The summed E-state index contributed by atoms with van der Waals surface area (Å²) in [6.45, 7) is 1.86. The summed E-state index contributed by atoms with van der Waals surface area (Å²) in [5, 5.41) is 7.42. The molecular formula is C26H20Br2FN3O5. The highest BCUT2D eigenvalue weighted by atomic mass is 79.9. The quantitative estimate of drug-likeness (QED) is 0.167. The summed E-state index contributed by atoms with van der Waals surface area (Å²) >= 11 is 6.82. The molecule has 0 aliphatic carbocycles. The smallest absolute Gasteiger partial charge is 0.307 e. The van der Waals surface area contributed by atoms with Gasteiger partial charge in [0.15, 0.2) is 23.9 Å². The Morgan fingerprint density at radius 3 is 2.59 bits per heavy atom. The molecule has 0 fully saturated rings. The van der Waals surface area contributed by atoms with Crippen molar-refractivity contribution in [2.75, 3.05) is 18.5 Å². The zero-order valence-corrected chi connectivity index (χ0v) is 22.6. The van der Waals surface area contributed by atoms with Crippen molar-refractivity contribution in [2.45, 2.75) is 6.92 Å². The van der Waals surface area contributed by atoms with Gasteiger partial charge < -0.3 is 19.2 Å². The Labute approximate surface area is 228 Å². The lowest BCUT2D eigenvalue weighted by Gasteiger charge is -2.14.